The van der Waals surface area contributed by atoms with Gasteiger partial charge in [-0.05, 0) is 18.2 Å². The van der Waals surface area contributed by atoms with E-state index in [2.05, 4.69) is 0 Å². The predicted molar refractivity (Wildman–Crippen MR) is 75.0 cm³/mol. The van der Waals surface area contributed by atoms with Crippen molar-refractivity contribution < 1.29 is 14.5 Å². The molecule has 0 aliphatic carbocycles. The topological polar surface area (TPSA) is 69.4 Å². The van der Waals surface area contributed by atoms with Crippen LogP contribution in [0.1, 0.15) is 10.4 Å². The van der Waals surface area contributed by atoms with Crippen molar-refractivity contribution in [3.63, 3.8) is 0 Å². The minimum atomic E-state index is -0.626. The van der Waals surface area contributed by atoms with Gasteiger partial charge in [-0.15, -0.1) is 0 Å². The molecule has 5 nitrogen and oxygen atoms in total. The summed E-state index contributed by atoms with van der Waals surface area (Å²) in [5.41, 5.74) is -0.138. The quantitative estimate of drug-likeness (QED) is 0.473. The van der Waals surface area contributed by atoms with Crippen LogP contribution in [0.3, 0.4) is 0 Å². The molecule has 0 fully saturated rings. The van der Waals surface area contributed by atoms with E-state index < -0.39 is 4.92 Å². The van der Waals surface area contributed by atoms with Gasteiger partial charge in [-0.3, -0.25) is 14.9 Å². The van der Waals surface area contributed by atoms with Crippen molar-refractivity contribution in [1.29, 1.82) is 0 Å². The number of aldehydes is 1. The third kappa shape index (κ3) is 2.74. The molecule has 2 aromatic rings. The number of carbonyl (C=O) groups is 1. The van der Waals surface area contributed by atoms with E-state index in [9.17, 15) is 14.9 Å². The summed E-state index contributed by atoms with van der Waals surface area (Å²) in [5.74, 6) is -0.129. The van der Waals surface area contributed by atoms with Crippen molar-refractivity contribution >= 4 is 35.2 Å². The molecule has 2 rings (SSSR count). The molecule has 102 valence electrons. The summed E-state index contributed by atoms with van der Waals surface area (Å²) in [6, 6.07) is 8.68. The van der Waals surface area contributed by atoms with Gasteiger partial charge in [0.05, 0.1) is 20.5 Å². The Labute approximate surface area is 123 Å². The van der Waals surface area contributed by atoms with Crippen molar-refractivity contribution in [1.82, 2.24) is 0 Å². The Morgan fingerprint density at radius 1 is 1.05 bits per heavy atom. The van der Waals surface area contributed by atoms with Crippen LogP contribution in [0.15, 0.2) is 36.4 Å². The number of nitrogens with zero attached hydrogens (tertiary/aromatic N) is 1. The SMILES string of the molecule is O=Cc1cccc(Cl)c1Oc1c(Cl)cccc1[N+](=O)[O-]. The Morgan fingerprint density at radius 3 is 2.25 bits per heavy atom. The van der Waals surface area contributed by atoms with Gasteiger partial charge in [-0.25, -0.2) is 0 Å². The van der Waals surface area contributed by atoms with Crippen LogP contribution in [0.2, 0.25) is 10.0 Å². The normalized spacial score (nSPS) is 10.1. The van der Waals surface area contributed by atoms with Gasteiger partial charge in [0.15, 0.2) is 12.0 Å². The van der Waals surface area contributed by atoms with E-state index in [4.69, 9.17) is 27.9 Å². The molecule has 0 saturated carbocycles. The van der Waals surface area contributed by atoms with Gasteiger partial charge >= 0.3 is 5.69 Å². The summed E-state index contributed by atoms with van der Waals surface area (Å²) in [5, 5.41) is 11.2. The molecule has 7 heteroatoms. The maximum absolute atomic E-state index is 11.0. The first-order valence-electron chi connectivity index (χ1n) is 5.39. The van der Waals surface area contributed by atoms with E-state index in [0.717, 1.165) is 0 Å². The number of rotatable bonds is 4. The average Bonchev–Trinajstić information content (AvgIpc) is 2.42. The third-order valence-electron chi connectivity index (χ3n) is 2.47. The zero-order valence-electron chi connectivity index (χ0n) is 9.88. The van der Waals surface area contributed by atoms with Gasteiger partial charge < -0.3 is 4.74 Å². The number of ether oxygens (including phenoxy) is 1. The molecule has 0 aliphatic heterocycles. The number of halogens is 2. The molecule has 0 aromatic heterocycles. The lowest BCUT2D eigenvalue weighted by Crippen LogP contribution is -1.96. The average molecular weight is 312 g/mol. The lowest BCUT2D eigenvalue weighted by Gasteiger charge is -2.11. The Morgan fingerprint density at radius 2 is 1.65 bits per heavy atom. The highest BCUT2D eigenvalue weighted by Gasteiger charge is 2.21. The minimum Gasteiger partial charge on any atom is -0.446 e. The molecule has 0 saturated heterocycles. The first-order chi connectivity index (χ1) is 9.54. The zero-order chi connectivity index (χ0) is 14.7. The molecule has 0 spiro atoms. The van der Waals surface area contributed by atoms with Crippen LogP contribution >= 0.6 is 23.2 Å². The van der Waals surface area contributed by atoms with Crippen LogP contribution in [0.5, 0.6) is 11.5 Å². The van der Waals surface area contributed by atoms with Gasteiger partial charge in [-0.1, -0.05) is 35.3 Å². The summed E-state index contributed by atoms with van der Waals surface area (Å²) < 4.78 is 5.42. The maximum Gasteiger partial charge on any atom is 0.313 e. The Kier molecular flexibility index (Phi) is 4.22. The fourth-order valence-corrected chi connectivity index (χ4v) is 2.00. The van der Waals surface area contributed by atoms with E-state index in [1.165, 1.54) is 30.3 Å². The van der Waals surface area contributed by atoms with Crippen LogP contribution in [0, 0.1) is 10.1 Å². The van der Waals surface area contributed by atoms with Gasteiger partial charge in [0.25, 0.3) is 0 Å². The molecule has 0 N–H and O–H groups in total. The molecule has 0 amide bonds. The second-order valence-electron chi connectivity index (χ2n) is 3.72. The number of hydrogen-bond acceptors (Lipinski definition) is 4. The molecule has 0 unspecified atom stereocenters. The van der Waals surface area contributed by atoms with Crippen LogP contribution in [0.25, 0.3) is 0 Å². The predicted octanol–water partition coefficient (Wildman–Crippen LogP) is 4.51. The summed E-state index contributed by atoms with van der Waals surface area (Å²) in [6.45, 7) is 0. The molecular formula is C13H7Cl2NO4. The molecular weight excluding hydrogens is 305 g/mol. The van der Waals surface area contributed by atoms with E-state index in [0.29, 0.717) is 6.29 Å². The molecule has 0 aliphatic rings. The molecule has 0 radical (unpaired) electrons. The second kappa shape index (κ2) is 5.90. The van der Waals surface area contributed by atoms with Gasteiger partial charge in [0.2, 0.25) is 5.75 Å². The Bertz CT molecular complexity index is 688. The fraction of sp³-hybridized carbons (Fsp3) is 0. The van der Waals surface area contributed by atoms with Crippen molar-refractivity contribution in [2.24, 2.45) is 0 Å². The van der Waals surface area contributed by atoms with Crippen LogP contribution in [-0.4, -0.2) is 11.2 Å². The number of benzene rings is 2. The van der Waals surface area contributed by atoms with Crippen LogP contribution < -0.4 is 4.74 Å². The third-order valence-corrected chi connectivity index (χ3v) is 3.07. The molecule has 20 heavy (non-hydrogen) atoms. The number of para-hydroxylation sites is 2. The lowest BCUT2D eigenvalue weighted by atomic mass is 10.2. The molecule has 2 aromatic carbocycles. The highest BCUT2D eigenvalue weighted by molar-refractivity contribution is 6.33. The smallest absolute Gasteiger partial charge is 0.313 e. The summed E-state index contributed by atoms with van der Waals surface area (Å²) in [6.07, 6.45) is 0.546. The van der Waals surface area contributed by atoms with Crippen molar-refractivity contribution in [3.05, 3.63) is 62.1 Å². The minimum absolute atomic E-state index is 0.0281. The standard InChI is InChI=1S/C13H7Cl2NO4/c14-9-4-1-3-8(7-17)12(9)20-13-10(15)5-2-6-11(13)16(18)19/h1-7H. The largest absolute Gasteiger partial charge is 0.446 e. The van der Waals surface area contributed by atoms with Crippen molar-refractivity contribution in [3.8, 4) is 11.5 Å². The number of nitro groups is 1. The first kappa shape index (κ1) is 14.3. The summed E-state index contributed by atoms with van der Waals surface area (Å²) >= 11 is 11.9. The molecule has 0 heterocycles. The van der Waals surface area contributed by atoms with Gasteiger partial charge in [0.1, 0.15) is 0 Å². The second-order valence-corrected chi connectivity index (χ2v) is 4.54. The first-order valence-corrected chi connectivity index (χ1v) is 6.14. The number of carbonyl (C=O) groups excluding carboxylic acids is 1. The Hall–Kier alpha value is -2.11. The van der Waals surface area contributed by atoms with Crippen LogP contribution in [0.4, 0.5) is 5.69 Å². The highest BCUT2D eigenvalue weighted by atomic mass is 35.5. The highest BCUT2D eigenvalue weighted by Crippen LogP contribution is 2.40. The summed E-state index contributed by atoms with van der Waals surface area (Å²) in [7, 11) is 0. The number of hydrogen-bond donors (Lipinski definition) is 0. The zero-order valence-corrected chi connectivity index (χ0v) is 11.4. The van der Waals surface area contributed by atoms with E-state index in [-0.39, 0.29) is 32.8 Å². The number of nitro benzene ring substituents is 1. The van der Waals surface area contributed by atoms with Crippen molar-refractivity contribution in [2.45, 2.75) is 0 Å². The van der Waals surface area contributed by atoms with E-state index in [1.807, 2.05) is 0 Å². The Balaban J connectivity index is 2.56. The molecule has 0 bridgehead atoms. The van der Waals surface area contributed by atoms with E-state index in [1.54, 1.807) is 6.07 Å². The van der Waals surface area contributed by atoms with Crippen molar-refractivity contribution in [2.75, 3.05) is 0 Å². The summed E-state index contributed by atoms with van der Waals surface area (Å²) in [4.78, 5) is 21.3. The maximum atomic E-state index is 11.0. The van der Waals surface area contributed by atoms with Gasteiger partial charge in [0, 0.05) is 6.07 Å². The van der Waals surface area contributed by atoms with Crippen LogP contribution in [-0.2, 0) is 0 Å². The molecule has 0 atom stereocenters. The van der Waals surface area contributed by atoms with E-state index >= 15 is 0 Å². The van der Waals surface area contributed by atoms with Gasteiger partial charge in [-0.2, -0.15) is 0 Å². The monoisotopic (exact) mass is 311 g/mol. The fourth-order valence-electron chi connectivity index (χ4n) is 1.57. The lowest BCUT2D eigenvalue weighted by molar-refractivity contribution is -0.385.